The lowest BCUT2D eigenvalue weighted by molar-refractivity contribution is -0.123. The van der Waals surface area contributed by atoms with Gasteiger partial charge in [-0.15, -0.1) is 0 Å². The molecule has 7 heteroatoms. The van der Waals surface area contributed by atoms with Crippen molar-refractivity contribution in [2.75, 3.05) is 13.2 Å². The number of unbranched alkanes of at least 4 members (excludes halogenated alkanes) is 1. The average Bonchev–Trinajstić information content (AvgIpc) is 2.52. The molecule has 0 aromatic heterocycles. The maximum atomic E-state index is 11.7. The predicted octanol–water partition coefficient (Wildman–Crippen LogP) is 2.96. The van der Waals surface area contributed by atoms with Crippen LogP contribution in [0.25, 0.3) is 0 Å². The van der Waals surface area contributed by atoms with E-state index in [9.17, 15) is 13.6 Å². The van der Waals surface area contributed by atoms with Crippen molar-refractivity contribution in [3.63, 3.8) is 0 Å². The Bertz CT molecular complexity index is 577. The molecule has 5 nitrogen and oxygen atoms in total. The van der Waals surface area contributed by atoms with Crippen molar-refractivity contribution >= 4 is 28.6 Å². The molecule has 0 aliphatic carbocycles. The summed E-state index contributed by atoms with van der Waals surface area (Å²) < 4.78 is 26.6. The molecule has 0 heterocycles. The molecule has 0 radical (unpaired) electrons. The van der Waals surface area contributed by atoms with Gasteiger partial charge in [0.1, 0.15) is 5.75 Å². The van der Waals surface area contributed by atoms with Crippen LogP contribution in [-0.2, 0) is 22.3 Å². The van der Waals surface area contributed by atoms with Gasteiger partial charge in [0.05, 0.1) is 0 Å². The zero-order valence-corrected chi connectivity index (χ0v) is 14.7. The van der Waals surface area contributed by atoms with E-state index in [1.807, 2.05) is 13.0 Å². The zero-order chi connectivity index (χ0) is 17.2. The molecule has 0 aliphatic heterocycles. The van der Waals surface area contributed by atoms with Crippen molar-refractivity contribution in [2.45, 2.75) is 32.6 Å². The van der Waals surface area contributed by atoms with E-state index in [-0.39, 0.29) is 17.4 Å². The number of halogens is 1. The van der Waals surface area contributed by atoms with Crippen LogP contribution in [0.4, 0.5) is 0 Å². The number of hydrogen-bond donors (Lipinski definition) is 1. The van der Waals surface area contributed by atoms with Gasteiger partial charge in [-0.1, -0.05) is 25.1 Å². The summed E-state index contributed by atoms with van der Waals surface area (Å²) in [6, 6.07) is 5.30. The summed E-state index contributed by atoms with van der Waals surface area (Å²) in [6.45, 7) is 5.84. The summed E-state index contributed by atoms with van der Waals surface area (Å²) in [5.41, 5.74) is 0.953. The van der Waals surface area contributed by atoms with Crippen LogP contribution in [0.3, 0.4) is 0 Å². The van der Waals surface area contributed by atoms with E-state index in [4.69, 9.17) is 16.3 Å². The van der Waals surface area contributed by atoms with Gasteiger partial charge in [-0.05, 0) is 65.4 Å². The van der Waals surface area contributed by atoms with E-state index in [0.29, 0.717) is 36.6 Å². The highest BCUT2D eigenvalue weighted by Crippen LogP contribution is 2.23. The fourth-order valence-corrected chi connectivity index (χ4v) is 2.42. The van der Waals surface area contributed by atoms with Crippen LogP contribution < -0.4 is 10.1 Å². The number of amides is 1. The average molecular weight is 359 g/mol. The van der Waals surface area contributed by atoms with E-state index in [0.717, 1.165) is 12.0 Å². The highest BCUT2D eigenvalue weighted by molar-refractivity contribution is 7.83. The minimum atomic E-state index is -2.22. The molecule has 128 valence electrons. The molecule has 0 spiro atoms. The van der Waals surface area contributed by atoms with Crippen molar-refractivity contribution < 1.29 is 18.3 Å². The lowest BCUT2D eigenvalue weighted by Crippen LogP contribution is -2.29. The van der Waals surface area contributed by atoms with Crippen molar-refractivity contribution in [3.8, 4) is 5.75 Å². The van der Waals surface area contributed by atoms with Crippen molar-refractivity contribution in [1.82, 2.24) is 5.32 Å². The van der Waals surface area contributed by atoms with Crippen LogP contribution in [0.15, 0.2) is 29.7 Å². The molecular formula is C16H21ClNO4S-. The zero-order valence-electron chi connectivity index (χ0n) is 13.1. The molecule has 23 heavy (non-hydrogen) atoms. The maximum absolute atomic E-state index is 11.7. The van der Waals surface area contributed by atoms with Crippen LogP contribution in [-0.4, -0.2) is 27.8 Å². The first-order chi connectivity index (χ1) is 10.9. The van der Waals surface area contributed by atoms with Gasteiger partial charge in [-0.25, -0.2) is 0 Å². The van der Waals surface area contributed by atoms with E-state index in [2.05, 4.69) is 11.9 Å². The number of benzene rings is 1. The summed E-state index contributed by atoms with van der Waals surface area (Å²) in [7, 11) is 0. The van der Waals surface area contributed by atoms with E-state index in [1.54, 1.807) is 12.1 Å². The molecule has 0 fully saturated rings. The Balaban J connectivity index is 2.25. The van der Waals surface area contributed by atoms with Gasteiger partial charge in [0, 0.05) is 11.6 Å². The summed E-state index contributed by atoms with van der Waals surface area (Å²) in [4.78, 5) is 11.9. The number of allylic oxidation sites excluding steroid dienone is 1. The second-order valence-electron chi connectivity index (χ2n) is 4.97. The predicted molar refractivity (Wildman–Crippen MR) is 91.2 cm³/mol. The molecule has 0 bridgehead atoms. The Morgan fingerprint density at radius 3 is 2.83 bits per heavy atom. The number of nitrogens with one attached hydrogen (secondary N) is 1. The number of ether oxygens (including phenoxy) is 1. The molecule has 0 aliphatic rings. The van der Waals surface area contributed by atoms with Gasteiger partial charge in [0.2, 0.25) is 0 Å². The molecule has 1 atom stereocenters. The Morgan fingerprint density at radius 1 is 1.43 bits per heavy atom. The molecule has 1 aromatic carbocycles. The van der Waals surface area contributed by atoms with Crippen LogP contribution >= 0.6 is 11.6 Å². The monoisotopic (exact) mass is 358 g/mol. The third-order valence-corrected chi connectivity index (χ3v) is 4.11. The normalized spacial score (nSPS) is 11.8. The fraction of sp³-hybridized carbons (Fsp3) is 0.438. The molecular weight excluding hydrogens is 338 g/mol. The topological polar surface area (TPSA) is 78.5 Å². The number of carbonyl (C=O) groups is 1. The number of aryl methyl sites for hydroxylation is 1. The summed E-state index contributed by atoms with van der Waals surface area (Å²) in [6.07, 6.45) is 2.52. The van der Waals surface area contributed by atoms with Crippen molar-refractivity contribution in [2.24, 2.45) is 0 Å². The molecule has 1 unspecified atom stereocenters. The first-order valence-electron chi connectivity index (χ1n) is 7.39. The lowest BCUT2D eigenvalue weighted by atomic mass is 10.1. The first-order valence-corrected chi connectivity index (χ1v) is 8.84. The van der Waals surface area contributed by atoms with Gasteiger partial charge in [-0.2, -0.15) is 0 Å². The molecule has 0 saturated heterocycles. The van der Waals surface area contributed by atoms with Crippen LogP contribution in [0.2, 0.25) is 5.02 Å². The smallest absolute Gasteiger partial charge is 0.257 e. The maximum Gasteiger partial charge on any atom is 0.257 e. The quantitative estimate of drug-likeness (QED) is 0.515. The summed E-state index contributed by atoms with van der Waals surface area (Å²) >= 11 is 3.70. The largest absolute Gasteiger partial charge is 0.769 e. The molecule has 1 amide bonds. The highest BCUT2D eigenvalue weighted by Gasteiger charge is 2.06. The first kappa shape index (κ1) is 19.7. The minimum Gasteiger partial charge on any atom is -0.769 e. The van der Waals surface area contributed by atoms with Crippen LogP contribution in [0.5, 0.6) is 5.75 Å². The Morgan fingerprint density at radius 2 is 2.17 bits per heavy atom. The molecule has 1 N–H and O–H groups in total. The summed E-state index contributed by atoms with van der Waals surface area (Å²) in [5.74, 6) is 0.439. The second-order valence-corrected chi connectivity index (χ2v) is 6.46. The lowest BCUT2D eigenvalue weighted by Gasteiger charge is -2.11. The fourth-order valence-electron chi connectivity index (χ4n) is 1.92. The third-order valence-electron chi connectivity index (χ3n) is 3.20. The van der Waals surface area contributed by atoms with E-state index in [1.165, 1.54) is 0 Å². The SMILES string of the molecule is C=C(CCCCNC(=O)COc1ccc(Cl)cc1CC)S(=O)[O-]. The van der Waals surface area contributed by atoms with Crippen molar-refractivity contribution in [3.05, 3.63) is 40.3 Å². The third kappa shape index (κ3) is 7.63. The Kier molecular flexibility index (Phi) is 8.91. The number of rotatable bonds is 10. The summed E-state index contributed by atoms with van der Waals surface area (Å²) in [5, 5.41) is 3.37. The molecule has 1 aromatic rings. The molecule has 0 saturated carbocycles. The van der Waals surface area contributed by atoms with Gasteiger partial charge < -0.3 is 14.6 Å². The Hall–Kier alpha value is -1.37. The van der Waals surface area contributed by atoms with Crippen molar-refractivity contribution in [1.29, 1.82) is 0 Å². The minimum absolute atomic E-state index is 0.0636. The Labute approximate surface area is 144 Å². The standard InChI is InChI=1S/C16H22ClNO4S/c1-3-13-10-14(17)7-8-15(13)22-11-16(19)18-9-5-4-6-12(2)23(20)21/h7-8,10H,2-6,9,11H2,1H3,(H,18,19)(H,20,21)/p-1. The van der Waals surface area contributed by atoms with E-state index >= 15 is 0 Å². The van der Waals surface area contributed by atoms with Crippen LogP contribution in [0.1, 0.15) is 31.7 Å². The number of hydrogen-bond acceptors (Lipinski definition) is 4. The number of carbonyl (C=O) groups excluding carboxylic acids is 1. The van der Waals surface area contributed by atoms with Gasteiger partial charge in [0.25, 0.3) is 5.91 Å². The van der Waals surface area contributed by atoms with E-state index < -0.39 is 11.1 Å². The second kappa shape index (κ2) is 10.4. The van der Waals surface area contributed by atoms with Gasteiger partial charge >= 0.3 is 0 Å². The van der Waals surface area contributed by atoms with Gasteiger partial charge in [-0.3, -0.25) is 9.00 Å². The molecule has 1 rings (SSSR count). The highest BCUT2D eigenvalue weighted by atomic mass is 35.5. The van der Waals surface area contributed by atoms with Gasteiger partial charge in [0.15, 0.2) is 6.61 Å². The van der Waals surface area contributed by atoms with Crippen LogP contribution in [0, 0.1) is 0 Å².